The maximum absolute atomic E-state index is 5.05. The summed E-state index contributed by atoms with van der Waals surface area (Å²) >= 11 is 1.29. The van der Waals surface area contributed by atoms with E-state index in [4.69, 9.17) is 9.22 Å². The van der Waals surface area contributed by atoms with Gasteiger partial charge in [0, 0.05) is 11.3 Å². The monoisotopic (exact) mass is 182 g/mol. The van der Waals surface area contributed by atoms with Crippen LogP contribution >= 0.6 is 12.0 Å². The number of hydrogen-bond acceptors (Lipinski definition) is 3. The lowest BCUT2D eigenvalue weighted by Gasteiger charge is -2.04. The van der Waals surface area contributed by atoms with Crippen molar-refractivity contribution in [1.29, 1.82) is 0 Å². The molecule has 1 unspecified atom stereocenters. The van der Waals surface area contributed by atoms with Gasteiger partial charge in [-0.2, -0.15) is 4.33 Å². The molecule has 12 heavy (non-hydrogen) atoms. The standard InChI is InChI=1S/C9H10O2S/c1-7-6-8-4-2-3-5-9(8)12-11-10-7/h2-5,7H,6H2,1H3. The highest BCUT2D eigenvalue weighted by molar-refractivity contribution is 7.94. The summed E-state index contributed by atoms with van der Waals surface area (Å²) in [6.45, 7) is 2.00. The average molecular weight is 182 g/mol. The van der Waals surface area contributed by atoms with E-state index in [-0.39, 0.29) is 6.10 Å². The van der Waals surface area contributed by atoms with Crippen LogP contribution in [0.15, 0.2) is 29.2 Å². The molecule has 0 saturated carbocycles. The molecule has 0 saturated heterocycles. The van der Waals surface area contributed by atoms with Gasteiger partial charge in [0.05, 0.1) is 18.1 Å². The third-order valence-electron chi connectivity index (χ3n) is 1.81. The molecule has 0 radical (unpaired) electrons. The van der Waals surface area contributed by atoms with Gasteiger partial charge in [-0.25, -0.2) is 4.89 Å². The van der Waals surface area contributed by atoms with Crippen LogP contribution < -0.4 is 0 Å². The first-order chi connectivity index (χ1) is 5.86. The van der Waals surface area contributed by atoms with Crippen LogP contribution in [0.4, 0.5) is 0 Å². The van der Waals surface area contributed by atoms with Crippen LogP contribution in [0, 0.1) is 0 Å². The highest BCUT2D eigenvalue weighted by Crippen LogP contribution is 2.28. The van der Waals surface area contributed by atoms with Crippen molar-refractivity contribution in [3.05, 3.63) is 29.8 Å². The molecule has 0 bridgehead atoms. The summed E-state index contributed by atoms with van der Waals surface area (Å²) in [5.74, 6) is 0. The largest absolute Gasteiger partial charge is 0.221 e. The fourth-order valence-corrected chi connectivity index (χ4v) is 1.86. The highest BCUT2D eigenvalue weighted by atomic mass is 32.2. The Kier molecular flexibility index (Phi) is 2.35. The van der Waals surface area contributed by atoms with Gasteiger partial charge in [-0.1, -0.05) is 18.2 Å². The topological polar surface area (TPSA) is 18.5 Å². The Balaban J connectivity index is 2.31. The van der Waals surface area contributed by atoms with Crippen molar-refractivity contribution in [1.82, 2.24) is 0 Å². The number of fused-ring (bicyclic) bond motifs is 1. The first-order valence-corrected chi connectivity index (χ1v) is 4.68. The number of rotatable bonds is 0. The molecule has 2 rings (SSSR count). The van der Waals surface area contributed by atoms with E-state index in [1.54, 1.807) is 0 Å². The first-order valence-electron chi connectivity index (χ1n) is 3.94. The van der Waals surface area contributed by atoms with E-state index in [9.17, 15) is 0 Å². The zero-order chi connectivity index (χ0) is 8.39. The Labute approximate surface area is 76.0 Å². The molecular weight excluding hydrogens is 172 g/mol. The van der Waals surface area contributed by atoms with Gasteiger partial charge in [0.2, 0.25) is 0 Å². The van der Waals surface area contributed by atoms with Gasteiger partial charge in [0.25, 0.3) is 0 Å². The van der Waals surface area contributed by atoms with Crippen molar-refractivity contribution in [2.24, 2.45) is 0 Å². The molecule has 2 nitrogen and oxygen atoms in total. The van der Waals surface area contributed by atoms with Crippen molar-refractivity contribution >= 4 is 12.0 Å². The smallest absolute Gasteiger partial charge is 0.0955 e. The van der Waals surface area contributed by atoms with Crippen LogP contribution in [0.1, 0.15) is 12.5 Å². The summed E-state index contributed by atoms with van der Waals surface area (Å²) in [5.41, 5.74) is 1.30. The van der Waals surface area contributed by atoms with E-state index < -0.39 is 0 Å². The molecule has 3 heteroatoms. The van der Waals surface area contributed by atoms with Gasteiger partial charge < -0.3 is 0 Å². The molecule has 64 valence electrons. The first kappa shape index (κ1) is 8.10. The van der Waals surface area contributed by atoms with Crippen molar-refractivity contribution in [3.63, 3.8) is 0 Å². The van der Waals surface area contributed by atoms with Crippen molar-refractivity contribution < 1.29 is 9.22 Å². The minimum Gasteiger partial charge on any atom is -0.221 e. The quantitative estimate of drug-likeness (QED) is 0.454. The zero-order valence-corrected chi connectivity index (χ0v) is 7.64. The highest BCUT2D eigenvalue weighted by Gasteiger charge is 2.14. The maximum atomic E-state index is 5.05. The van der Waals surface area contributed by atoms with Gasteiger partial charge in [-0.3, -0.25) is 0 Å². The Hall–Kier alpha value is -0.510. The lowest BCUT2D eigenvalue weighted by Crippen LogP contribution is -2.07. The average Bonchev–Trinajstić information content (AvgIpc) is 2.25. The summed E-state index contributed by atoms with van der Waals surface area (Å²) in [6, 6.07) is 8.20. The second-order valence-corrected chi connectivity index (χ2v) is 3.61. The SMILES string of the molecule is CC1Cc2ccccc2SOO1. The molecule has 1 heterocycles. The van der Waals surface area contributed by atoms with Gasteiger partial charge in [0.1, 0.15) is 0 Å². The van der Waals surface area contributed by atoms with Crippen molar-refractivity contribution in [2.45, 2.75) is 24.3 Å². The minimum absolute atomic E-state index is 0.140. The van der Waals surface area contributed by atoms with E-state index in [1.807, 2.05) is 25.1 Å². The second kappa shape index (κ2) is 3.47. The predicted octanol–water partition coefficient (Wildman–Crippen LogP) is 2.59. The van der Waals surface area contributed by atoms with Crippen LogP contribution in [0.25, 0.3) is 0 Å². The molecule has 1 aromatic rings. The van der Waals surface area contributed by atoms with Gasteiger partial charge in [-0.05, 0) is 18.6 Å². The van der Waals surface area contributed by atoms with E-state index in [0.717, 1.165) is 11.3 Å². The minimum atomic E-state index is 0.140. The molecule has 1 aliphatic heterocycles. The van der Waals surface area contributed by atoms with Crippen LogP contribution in [0.3, 0.4) is 0 Å². The van der Waals surface area contributed by atoms with Gasteiger partial charge in [0.15, 0.2) is 0 Å². The van der Waals surface area contributed by atoms with Crippen molar-refractivity contribution in [2.75, 3.05) is 0 Å². The normalized spacial score (nSPS) is 22.9. The summed E-state index contributed by atoms with van der Waals surface area (Å²) in [5, 5.41) is 0. The third kappa shape index (κ3) is 1.63. The summed E-state index contributed by atoms with van der Waals surface area (Å²) < 4.78 is 4.95. The fraction of sp³-hybridized carbons (Fsp3) is 0.333. The Morgan fingerprint density at radius 2 is 2.25 bits per heavy atom. The van der Waals surface area contributed by atoms with Gasteiger partial charge >= 0.3 is 0 Å². The molecule has 0 N–H and O–H groups in total. The molecule has 0 aromatic heterocycles. The van der Waals surface area contributed by atoms with Crippen LogP contribution in [-0.4, -0.2) is 6.10 Å². The Bertz CT molecular complexity index is 275. The van der Waals surface area contributed by atoms with Crippen LogP contribution in [0.2, 0.25) is 0 Å². The molecule has 0 amide bonds. The van der Waals surface area contributed by atoms with E-state index in [1.165, 1.54) is 17.6 Å². The molecule has 1 aliphatic rings. The number of hydrogen-bond donors (Lipinski definition) is 0. The lowest BCUT2D eigenvalue weighted by molar-refractivity contribution is -0.223. The van der Waals surface area contributed by atoms with Crippen molar-refractivity contribution in [3.8, 4) is 0 Å². The third-order valence-corrected chi connectivity index (χ3v) is 2.53. The molecule has 1 aromatic carbocycles. The molecule has 0 aliphatic carbocycles. The maximum Gasteiger partial charge on any atom is 0.0955 e. The number of benzene rings is 1. The fourth-order valence-electron chi connectivity index (χ4n) is 1.22. The second-order valence-electron chi connectivity index (χ2n) is 2.87. The summed E-state index contributed by atoms with van der Waals surface area (Å²) in [4.78, 5) is 6.20. The predicted molar refractivity (Wildman–Crippen MR) is 47.6 cm³/mol. The zero-order valence-electron chi connectivity index (χ0n) is 6.82. The summed E-state index contributed by atoms with van der Waals surface area (Å²) in [6.07, 6.45) is 1.06. The molecule has 1 atom stereocenters. The van der Waals surface area contributed by atoms with Gasteiger partial charge in [-0.15, -0.1) is 0 Å². The van der Waals surface area contributed by atoms with Crippen LogP contribution in [0.5, 0.6) is 0 Å². The lowest BCUT2D eigenvalue weighted by atomic mass is 10.1. The molecular formula is C9H10O2S. The molecule has 0 fully saturated rings. The van der Waals surface area contributed by atoms with E-state index >= 15 is 0 Å². The molecule has 0 spiro atoms. The summed E-state index contributed by atoms with van der Waals surface area (Å²) in [7, 11) is 0. The van der Waals surface area contributed by atoms with E-state index in [0.29, 0.717) is 0 Å². The Morgan fingerprint density at radius 1 is 1.42 bits per heavy atom. The van der Waals surface area contributed by atoms with Crippen LogP contribution in [-0.2, 0) is 15.6 Å². The Morgan fingerprint density at radius 3 is 3.17 bits per heavy atom. The van der Waals surface area contributed by atoms with E-state index in [2.05, 4.69) is 6.07 Å².